The standard InChI is InChI=1S/C21H25F3N4O2/c1-2-26-20(27-11-10-15-6-8-17(9-7-15)21(22,23)24)28-13-16-4-3-5-18(12-16)30-14-19(25)29/h3-9,12H,2,10-11,13-14H2,1H3,(H2,25,29)(H2,26,27,28). The maximum atomic E-state index is 12.6. The van der Waals surface area contributed by atoms with E-state index in [2.05, 4.69) is 15.6 Å². The molecule has 2 rings (SSSR count). The third-order valence-electron chi connectivity index (χ3n) is 4.03. The third-order valence-corrected chi connectivity index (χ3v) is 4.03. The number of carbonyl (C=O) groups is 1. The van der Waals surface area contributed by atoms with Crippen LogP contribution in [0.2, 0.25) is 0 Å². The molecule has 0 aliphatic rings. The number of halogens is 3. The summed E-state index contributed by atoms with van der Waals surface area (Å²) in [6.07, 6.45) is -3.77. The quantitative estimate of drug-likeness (QED) is 0.428. The van der Waals surface area contributed by atoms with Gasteiger partial charge in [0.2, 0.25) is 0 Å². The van der Waals surface area contributed by atoms with Gasteiger partial charge in [-0.3, -0.25) is 4.79 Å². The molecule has 0 aromatic heterocycles. The fraction of sp³-hybridized carbons (Fsp3) is 0.333. The first-order valence-corrected chi connectivity index (χ1v) is 9.46. The van der Waals surface area contributed by atoms with E-state index >= 15 is 0 Å². The van der Waals surface area contributed by atoms with Crippen LogP contribution >= 0.6 is 0 Å². The summed E-state index contributed by atoms with van der Waals surface area (Å²) in [6.45, 7) is 3.29. The summed E-state index contributed by atoms with van der Waals surface area (Å²) in [5.41, 5.74) is 6.10. The van der Waals surface area contributed by atoms with E-state index < -0.39 is 17.6 Å². The first kappa shape index (κ1) is 23.1. The van der Waals surface area contributed by atoms with Gasteiger partial charge in [0.25, 0.3) is 5.91 Å². The monoisotopic (exact) mass is 422 g/mol. The number of rotatable bonds is 9. The molecule has 0 fully saturated rings. The first-order valence-electron chi connectivity index (χ1n) is 9.46. The van der Waals surface area contributed by atoms with Gasteiger partial charge in [-0.2, -0.15) is 13.2 Å². The van der Waals surface area contributed by atoms with Crippen LogP contribution in [0.1, 0.15) is 23.6 Å². The van der Waals surface area contributed by atoms with Crippen molar-refractivity contribution in [3.8, 4) is 5.75 Å². The third kappa shape index (κ3) is 8.02. The zero-order chi connectivity index (χ0) is 22.0. The number of amides is 1. The second kappa shape index (κ2) is 11.1. The molecule has 0 spiro atoms. The van der Waals surface area contributed by atoms with Crippen LogP contribution in [-0.4, -0.2) is 31.6 Å². The number of alkyl halides is 3. The highest BCUT2D eigenvalue weighted by atomic mass is 19.4. The molecule has 162 valence electrons. The molecular formula is C21H25F3N4O2. The Hall–Kier alpha value is -3.23. The van der Waals surface area contributed by atoms with Crippen LogP contribution in [0.25, 0.3) is 0 Å². The summed E-state index contributed by atoms with van der Waals surface area (Å²) in [5.74, 6) is 0.569. The van der Waals surface area contributed by atoms with E-state index in [9.17, 15) is 18.0 Å². The van der Waals surface area contributed by atoms with E-state index in [4.69, 9.17) is 10.5 Å². The second-order valence-corrected chi connectivity index (χ2v) is 6.47. The Labute approximate surface area is 173 Å². The summed E-state index contributed by atoms with van der Waals surface area (Å²) < 4.78 is 43.2. The Bertz CT molecular complexity index is 852. The van der Waals surface area contributed by atoms with E-state index in [-0.39, 0.29) is 6.61 Å². The molecule has 0 heterocycles. The SMILES string of the molecule is CCNC(=NCc1cccc(OCC(N)=O)c1)NCCc1ccc(C(F)(F)F)cc1. The lowest BCUT2D eigenvalue weighted by atomic mass is 10.1. The van der Waals surface area contributed by atoms with Gasteiger partial charge in [-0.25, -0.2) is 4.99 Å². The van der Waals surface area contributed by atoms with Crippen molar-refractivity contribution < 1.29 is 22.7 Å². The van der Waals surface area contributed by atoms with Crippen LogP contribution < -0.4 is 21.1 Å². The molecule has 0 saturated heterocycles. The number of nitrogens with zero attached hydrogens (tertiary/aromatic N) is 1. The first-order chi connectivity index (χ1) is 14.3. The maximum Gasteiger partial charge on any atom is 0.416 e. The number of guanidine groups is 1. The minimum atomic E-state index is -4.33. The molecule has 0 aliphatic heterocycles. The van der Waals surface area contributed by atoms with Crippen molar-refractivity contribution in [2.45, 2.75) is 26.1 Å². The van der Waals surface area contributed by atoms with Gasteiger partial charge in [-0.15, -0.1) is 0 Å². The molecule has 6 nitrogen and oxygen atoms in total. The Morgan fingerprint density at radius 1 is 1.10 bits per heavy atom. The van der Waals surface area contributed by atoms with Crippen LogP contribution in [0.5, 0.6) is 5.75 Å². The van der Waals surface area contributed by atoms with Crippen molar-refractivity contribution >= 4 is 11.9 Å². The fourth-order valence-electron chi connectivity index (χ4n) is 2.59. The molecule has 2 aromatic carbocycles. The molecule has 4 N–H and O–H groups in total. The minimum Gasteiger partial charge on any atom is -0.484 e. The van der Waals surface area contributed by atoms with Gasteiger partial charge in [0, 0.05) is 13.1 Å². The van der Waals surface area contributed by atoms with Gasteiger partial charge in [-0.1, -0.05) is 24.3 Å². The summed E-state index contributed by atoms with van der Waals surface area (Å²) in [5, 5.41) is 6.28. The molecule has 0 unspecified atom stereocenters. The zero-order valence-electron chi connectivity index (χ0n) is 16.6. The molecular weight excluding hydrogens is 397 g/mol. The number of benzene rings is 2. The number of nitrogens with two attached hydrogens (primary N) is 1. The maximum absolute atomic E-state index is 12.6. The molecule has 0 bridgehead atoms. The number of hydrogen-bond acceptors (Lipinski definition) is 3. The van der Waals surface area contributed by atoms with Crippen molar-refractivity contribution in [1.29, 1.82) is 0 Å². The number of nitrogens with one attached hydrogen (secondary N) is 2. The molecule has 1 amide bonds. The molecule has 0 aliphatic carbocycles. The number of aliphatic imine (C=N–C) groups is 1. The van der Waals surface area contributed by atoms with Crippen LogP contribution in [0.15, 0.2) is 53.5 Å². The van der Waals surface area contributed by atoms with Crippen molar-refractivity contribution in [3.63, 3.8) is 0 Å². The smallest absolute Gasteiger partial charge is 0.416 e. The van der Waals surface area contributed by atoms with E-state index in [0.29, 0.717) is 37.8 Å². The van der Waals surface area contributed by atoms with Crippen molar-refractivity contribution in [3.05, 3.63) is 65.2 Å². The van der Waals surface area contributed by atoms with Gasteiger partial charge in [-0.05, 0) is 48.7 Å². The van der Waals surface area contributed by atoms with Gasteiger partial charge < -0.3 is 21.1 Å². The molecule has 2 aromatic rings. The highest BCUT2D eigenvalue weighted by Crippen LogP contribution is 2.29. The zero-order valence-corrected chi connectivity index (χ0v) is 16.6. The Balaban J connectivity index is 1.90. The van der Waals surface area contributed by atoms with Gasteiger partial charge in [0.1, 0.15) is 5.75 Å². The lowest BCUT2D eigenvalue weighted by Gasteiger charge is -2.12. The summed E-state index contributed by atoms with van der Waals surface area (Å²) >= 11 is 0. The average Bonchev–Trinajstić information content (AvgIpc) is 2.70. The lowest BCUT2D eigenvalue weighted by Crippen LogP contribution is -2.38. The van der Waals surface area contributed by atoms with E-state index in [1.54, 1.807) is 18.2 Å². The Morgan fingerprint density at radius 3 is 2.47 bits per heavy atom. The second-order valence-electron chi connectivity index (χ2n) is 6.47. The topological polar surface area (TPSA) is 88.7 Å². The van der Waals surface area contributed by atoms with Crippen molar-refractivity contribution in [1.82, 2.24) is 10.6 Å². The number of carbonyl (C=O) groups excluding carboxylic acids is 1. The highest BCUT2D eigenvalue weighted by Gasteiger charge is 2.29. The van der Waals surface area contributed by atoms with Crippen LogP contribution in [0.4, 0.5) is 13.2 Å². The number of primary amides is 1. The fourth-order valence-corrected chi connectivity index (χ4v) is 2.59. The number of hydrogen-bond donors (Lipinski definition) is 3. The molecule has 0 atom stereocenters. The molecule has 30 heavy (non-hydrogen) atoms. The van der Waals surface area contributed by atoms with E-state index in [1.807, 2.05) is 13.0 Å². The summed E-state index contributed by atoms with van der Waals surface area (Å²) in [7, 11) is 0. The molecule has 0 radical (unpaired) electrons. The van der Waals surface area contributed by atoms with Gasteiger partial charge in [0.05, 0.1) is 12.1 Å². The van der Waals surface area contributed by atoms with Gasteiger partial charge in [0.15, 0.2) is 12.6 Å². The Kier molecular flexibility index (Phi) is 8.52. The Morgan fingerprint density at radius 2 is 1.83 bits per heavy atom. The number of ether oxygens (including phenoxy) is 1. The molecule has 9 heteroatoms. The molecule has 0 saturated carbocycles. The van der Waals surface area contributed by atoms with E-state index in [1.165, 1.54) is 12.1 Å². The minimum absolute atomic E-state index is 0.194. The normalized spacial score (nSPS) is 11.8. The van der Waals surface area contributed by atoms with Crippen molar-refractivity contribution in [2.24, 2.45) is 10.7 Å². The van der Waals surface area contributed by atoms with Crippen LogP contribution in [0, 0.1) is 0 Å². The van der Waals surface area contributed by atoms with Crippen LogP contribution in [0.3, 0.4) is 0 Å². The average molecular weight is 422 g/mol. The van der Waals surface area contributed by atoms with Crippen LogP contribution in [-0.2, 0) is 23.9 Å². The summed E-state index contributed by atoms with van der Waals surface area (Å²) in [6, 6.07) is 12.3. The predicted octanol–water partition coefficient (Wildman–Crippen LogP) is 2.87. The lowest BCUT2D eigenvalue weighted by molar-refractivity contribution is -0.137. The predicted molar refractivity (Wildman–Crippen MR) is 109 cm³/mol. The van der Waals surface area contributed by atoms with E-state index in [0.717, 1.165) is 23.3 Å². The largest absolute Gasteiger partial charge is 0.484 e. The van der Waals surface area contributed by atoms with Crippen molar-refractivity contribution in [2.75, 3.05) is 19.7 Å². The highest BCUT2D eigenvalue weighted by molar-refractivity contribution is 5.79. The summed E-state index contributed by atoms with van der Waals surface area (Å²) in [4.78, 5) is 15.3. The van der Waals surface area contributed by atoms with Gasteiger partial charge >= 0.3 is 6.18 Å².